The molecule has 1 atom stereocenters. The van der Waals surface area contributed by atoms with Crippen LogP contribution in [0.4, 0.5) is 5.82 Å². The zero-order chi connectivity index (χ0) is 13.5. The number of aromatic nitrogens is 2. The highest BCUT2D eigenvalue weighted by molar-refractivity contribution is 5.91. The predicted octanol–water partition coefficient (Wildman–Crippen LogP) is 2.07. The first-order chi connectivity index (χ1) is 8.62. The van der Waals surface area contributed by atoms with Crippen molar-refractivity contribution in [1.82, 2.24) is 15.5 Å². The maximum atomic E-state index is 11.3. The topological polar surface area (TPSA) is 66.9 Å². The summed E-state index contributed by atoms with van der Waals surface area (Å²) in [5.41, 5.74) is 0.332. The van der Waals surface area contributed by atoms with Crippen molar-refractivity contribution in [3.05, 3.63) is 17.8 Å². The van der Waals surface area contributed by atoms with E-state index < -0.39 is 0 Å². The minimum absolute atomic E-state index is 0.220. The summed E-state index contributed by atoms with van der Waals surface area (Å²) in [5.74, 6) is 1.11. The van der Waals surface area contributed by atoms with Gasteiger partial charge < -0.3 is 10.6 Å². The van der Waals surface area contributed by atoms with E-state index in [1.54, 1.807) is 19.2 Å². The van der Waals surface area contributed by atoms with Gasteiger partial charge in [-0.1, -0.05) is 26.7 Å². The van der Waals surface area contributed by atoms with Crippen LogP contribution in [0.3, 0.4) is 0 Å². The molecule has 0 aliphatic rings. The first-order valence-corrected chi connectivity index (χ1v) is 6.44. The zero-order valence-corrected chi connectivity index (χ0v) is 11.5. The maximum Gasteiger partial charge on any atom is 0.271 e. The molecule has 0 aliphatic carbocycles. The number of hydrogen-bond donors (Lipinski definition) is 2. The van der Waals surface area contributed by atoms with Crippen molar-refractivity contribution in [3.8, 4) is 0 Å². The van der Waals surface area contributed by atoms with Crippen LogP contribution in [0.25, 0.3) is 0 Å². The lowest BCUT2D eigenvalue weighted by Crippen LogP contribution is -2.26. The fourth-order valence-corrected chi connectivity index (χ4v) is 2.01. The molecule has 1 amide bonds. The lowest BCUT2D eigenvalue weighted by Gasteiger charge is -2.22. The van der Waals surface area contributed by atoms with Gasteiger partial charge in [0, 0.05) is 13.1 Å². The van der Waals surface area contributed by atoms with E-state index in [0.29, 0.717) is 23.5 Å². The average molecular weight is 250 g/mol. The fraction of sp³-hybridized carbons (Fsp3) is 0.615. The standard InChI is InChI=1S/C13H22N4O/c1-5-10(6-2)9(3)15-12-8-7-11(16-17-12)13(18)14-4/h7-10H,5-6H2,1-4H3,(H,14,18)(H,15,17). The van der Waals surface area contributed by atoms with Gasteiger partial charge in [-0.15, -0.1) is 10.2 Å². The number of nitrogens with zero attached hydrogens (tertiary/aromatic N) is 2. The third kappa shape index (κ3) is 3.68. The number of carbonyl (C=O) groups is 1. The molecule has 1 unspecified atom stereocenters. The van der Waals surface area contributed by atoms with E-state index in [1.165, 1.54) is 0 Å². The summed E-state index contributed by atoms with van der Waals surface area (Å²) in [7, 11) is 1.57. The van der Waals surface area contributed by atoms with Gasteiger partial charge in [0.25, 0.3) is 5.91 Å². The second kappa shape index (κ2) is 6.93. The van der Waals surface area contributed by atoms with Crippen molar-refractivity contribution >= 4 is 11.7 Å². The highest BCUT2D eigenvalue weighted by Crippen LogP contribution is 2.16. The minimum Gasteiger partial charge on any atom is -0.366 e. The summed E-state index contributed by atoms with van der Waals surface area (Å²) < 4.78 is 0. The monoisotopic (exact) mass is 250 g/mol. The van der Waals surface area contributed by atoms with Gasteiger partial charge in [0.2, 0.25) is 0 Å². The zero-order valence-electron chi connectivity index (χ0n) is 11.5. The molecule has 1 heterocycles. The molecule has 1 aromatic heterocycles. The summed E-state index contributed by atoms with van der Waals surface area (Å²) in [6.07, 6.45) is 2.27. The van der Waals surface area contributed by atoms with Crippen LogP contribution in [0.2, 0.25) is 0 Å². The van der Waals surface area contributed by atoms with Gasteiger partial charge >= 0.3 is 0 Å². The van der Waals surface area contributed by atoms with Crippen LogP contribution in [-0.2, 0) is 0 Å². The summed E-state index contributed by atoms with van der Waals surface area (Å²) in [6.45, 7) is 6.52. The van der Waals surface area contributed by atoms with E-state index in [-0.39, 0.29) is 5.91 Å². The highest BCUT2D eigenvalue weighted by Gasteiger charge is 2.14. The van der Waals surface area contributed by atoms with Gasteiger partial charge in [-0.25, -0.2) is 0 Å². The van der Waals surface area contributed by atoms with Gasteiger partial charge in [-0.2, -0.15) is 0 Å². The van der Waals surface area contributed by atoms with Crippen LogP contribution in [0.15, 0.2) is 12.1 Å². The minimum atomic E-state index is -0.220. The Balaban J connectivity index is 2.66. The van der Waals surface area contributed by atoms with Crippen molar-refractivity contribution in [2.24, 2.45) is 5.92 Å². The highest BCUT2D eigenvalue weighted by atomic mass is 16.1. The maximum absolute atomic E-state index is 11.3. The Morgan fingerprint density at radius 3 is 2.39 bits per heavy atom. The van der Waals surface area contributed by atoms with E-state index in [2.05, 4.69) is 41.6 Å². The Morgan fingerprint density at radius 1 is 1.28 bits per heavy atom. The molecule has 18 heavy (non-hydrogen) atoms. The Hall–Kier alpha value is -1.65. The second-order valence-electron chi connectivity index (χ2n) is 4.39. The van der Waals surface area contributed by atoms with Crippen LogP contribution >= 0.6 is 0 Å². The summed E-state index contributed by atoms with van der Waals surface area (Å²) in [4.78, 5) is 11.3. The lowest BCUT2D eigenvalue weighted by atomic mass is 9.95. The SMILES string of the molecule is CCC(CC)C(C)Nc1ccc(C(=O)NC)nn1. The molecule has 0 aromatic carbocycles. The number of anilines is 1. The summed E-state index contributed by atoms with van der Waals surface area (Å²) in [5, 5.41) is 13.7. The molecular weight excluding hydrogens is 228 g/mol. The Bertz CT molecular complexity index is 373. The van der Waals surface area contributed by atoms with Gasteiger partial charge in [-0.3, -0.25) is 4.79 Å². The van der Waals surface area contributed by atoms with Gasteiger partial charge in [0.15, 0.2) is 5.69 Å². The van der Waals surface area contributed by atoms with Crippen molar-refractivity contribution < 1.29 is 4.79 Å². The molecule has 1 aromatic rings. The fourth-order valence-electron chi connectivity index (χ4n) is 2.01. The second-order valence-corrected chi connectivity index (χ2v) is 4.39. The van der Waals surface area contributed by atoms with Crippen LogP contribution in [0.1, 0.15) is 44.1 Å². The van der Waals surface area contributed by atoms with Crippen LogP contribution < -0.4 is 10.6 Å². The Kier molecular flexibility index (Phi) is 5.55. The third-order valence-corrected chi connectivity index (χ3v) is 3.26. The van der Waals surface area contributed by atoms with Gasteiger partial charge in [-0.05, 0) is 25.0 Å². The molecular formula is C13H22N4O. The van der Waals surface area contributed by atoms with Crippen molar-refractivity contribution in [3.63, 3.8) is 0 Å². The van der Waals surface area contributed by atoms with E-state index >= 15 is 0 Å². The van der Waals surface area contributed by atoms with E-state index in [4.69, 9.17) is 0 Å². The first kappa shape index (κ1) is 14.4. The number of amides is 1. The number of carbonyl (C=O) groups excluding carboxylic acids is 1. The molecule has 1 rings (SSSR count). The number of nitrogens with one attached hydrogen (secondary N) is 2. The van der Waals surface area contributed by atoms with E-state index in [9.17, 15) is 4.79 Å². The quantitative estimate of drug-likeness (QED) is 0.811. The largest absolute Gasteiger partial charge is 0.366 e. The van der Waals surface area contributed by atoms with E-state index in [0.717, 1.165) is 12.8 Å². The molecule has 0 saturated carbocycles. The van der Waals surface area contributed by atoms with Crippen LogP contribution in [-0.4, -0.2) is 29.2 Å². The van der Waals surface area contributed by atoms with Crippen LogP contribution in [0, 0.1) is 5.92 Å². The molecule has 0 bridgehead atoms. The molecule has 5 nitrogen and oxygen atoms in total. The molecule has 0 radical (unpaired) electrons. The Labute approximate surface area is 108 Å². The average Bonchev–Trinajstić information content (AvgIpc) is 2.40. The van der Waals surface area contributed by atoms with E-state index in [1.807, 2.05) is 0 Å². The lowest BCUT2D eigenvalue weighted by molar-refractivity contribution is 0.0957. The normalized spacial score (nSPS) is 12.3. The molecule has 0 saturated heterocycles. The Morgan fingerprint density at radius 2 is 1.94 bits per heavy atom. The summed E-state index contributed by atoms with van der Waals surface area (Å²) >= 11 is 0. The molecule has 0 aliphatic heterocycles. The third-order valence-electron chi connectivity index (χ3n) is 3.26. The molecule has 0 spiro atoms. The molecule has 0 fully saturated rings. The van der Waals surface area contributed by atoms with Crippen molar-refractivity contribution in [1.29, 1.82) is 0 Å². The molecule has 5 heteroatoms. The van der Waals surface area contributed by atoms with Crippen molar-refractivity contribution in [2.45, 2.75) is 39.7 Å². The smallest absolute Gasteiger partial charge is 0.271 e. The van der Waals surface area contributed by atoms with Gasteiger partial charge in [0.1, 0.15) is 5.82 Å². The number of rotatable bonds is 6. The van der Waals surface area contributed by atoms with Crippen molar-refractivity contribution in [2.75, 3.05) is 12.4 Å². The predicted molar refractivity (Wildman–Crippen MR) is 72.6 cm³/mol. The van der Waals surface area contributed by atoms with Crippen LogP contribution in [0.5, 0.6) is 0 Å². The molecule has 2 N–H and O–H groups in total. The number of hydrogen-bond acceptors (Lipinski definition) is 4. The summed E-state index contributed by atoms with van der Waals surface area (Å²) in [6, 6.07) is 3.81. The molecule has 100 valence electrons. The first-order valence-electron chi connectivity index (χ1n) is 6.44. The van der Waals surface area contributed by atoms with Gasteiger partial charge in [0.05, 0.1) is 0 Å².